The maximum atomic E-state index is 2.42. The normalized spacial score (nSPS) is 11.4. The predicted octanol–water partition coefficient (Wildman–Crippen LogP) is 18.4. The van der Waals surface area contributed by atoms with Gasteiger partial charge < -0.3 is 9.80 Å². The molecule has 0 aliphatic heterocycles. The van der Waals surface area contributed by atoms with Gasteiger partial charge in [-0.25, -0.2) is 0 Å². The molecule has 0 fully saturated rings. The monoisotopic (exact) mass is 852 g/mol. The van der Waals surface area contributed by atoms with Crippen molar-refractivity contribution in [3.05, 3.63) is 243 Å². The number of anilines is 6. The topological polar surface area (TPSA) is 6.48 Å². The zero-order valence-corrected chi connectivity index (χ0v) is 36.4. The molecule has 64 heavy (non-hydrogen) atoms. The summed E-state index contributed by atoms with van der Waals surface area (Å²) in [5, 5.41) is 5.19. The minimum Gasteiger partial charge on any atom is -0.310 e. The number of thiophene rings is 2. The summed E-state index contributed by atoms with van der Waals surface area (Å²) in [5.41, 5.74) is 13.7. The molecule has 0 amide bonds. The minimum absolute atomic E-state index is 1.08. The molecule has 12 aromatic rings. The van der Waals surface area contributed by atoms with Crippen molar-refractivity contribution in [1.82, 2.24) is 0 Å². The molecular formula is C60H40N2S2. The van der Waals surface area contributed by atoms with E-state index >= 15 is 0 Å². The zero-order valence-electron chi connectivity index (χ0n) is 34.8. The van der Waals surface area contributed by atoms with Crippen LogP contribution in [0.15, 0.2) is 243 Å². The summed E-state index contributed by atoms with van der Waals surface area (Å²) in [6.07, 6.45) is 0. The number of rotatable bonds is 9. The quantitative estimate of drug-likeness (QED) is 0.143. The van der Waals surface area contributed by atoms with Crippen LogP contribution in [0.5, 0.6) is 0 Å². The van der Waals surface area contributed by atoms with Crippen LogP contribution in [-0.4, -0.2) is 0 Å². The van der Waals surface area contributed by atoms with Crippen LogP contribution < -0.4 is 9.80 Å². The van der Waals surface area contributed by atoms with Crippen LogP contribution in [0.3, 0.4) is 0 Å². The van der Waals surface area contributed by atoms with Crippen LogP contribution in [0.1, 0.15) is 0 Å². The van der Waals surface area contributed by atoms with Crippen LogP contribution in [0.2, 0.25) is 0 Å². The lowest BCUT2D eigenvalue weighted by molar-refractivity contribution is 1.27. The van der Waals surface area contributed by atoms with Crippen molar-refractivity contribution in [1.29, 1.82) is 0 Å². The van der Waals surface area contributed by atoms with Gasteiger partial charge in [0.15, 0.2) is 0 Å². The van der Waals surface area contributed by atoms with E-state index in [1.807, 2.05) is 22.7 Å². The summed E-state index contributed by atoms with van der Waals surface area (Å²) >= 11 is 3.71. The van der Waals surface area contributed by atoms with Gasteiger partial charge in [-0.15, -0.1) is 22.7 Å². The fourth-order valence-corrected chi connectivity index (χ4v) is 11.5. The Morgan fingerprint density at radius 1 is 0.250 bits per heavy atom. The van der Waals surface area contributed by atoms with Crippen molar-refractivity contribution in [3.63, 3.8) is 0 Å². The molecule has 0 saturated carbocycles. The van der Waals surface area contributed by atoms with Crippen LogP contribution in [0, 0.1) is 0 Å². The van der Waals surface area contributed by atoms with Gasteiger partial charge in [-0.05, 0) is 107 Å². The molecule has 4 heteroatoms. The molecule has 2 aromatic heterocycles. The third kappa shape index (κ3) is 6.72. The molecular weight excluding hydrogens is 813 g/mol. The lowest BCUT2D eigenvalue weighted by Gasteiger charge is -2.31. The van der Waals surface area contributed by atoms with Crippen LogP contribution in [-0.2, 0) is 0 Å². The number of hydrogen-bond donors (Lipinski definition) is 0. The van der Waals surface area contributed by atoms with Gasteiger partial charge in [0.2, 0.25) is 0 Å². The third-order valence-electron chi connectivity index (χ3n) is 12.3. The van der Waals surface area contributed by atoms with Gasteiger partial charge in [-0.3, -0.25) is 0 Å². The van der Waals surface area contributed by atoms with Crippen molar-refractivity contribution in [2.24, 2.45) is 0 Å². The summed E-state index contributed by atoms with van der Waals surface area (Å²) in [6, 6.07) is 88.4. The first kappa shape index (κ1) is 38.0. The van der Waals surface area contributed by atoms with E-state index in [1.165, 1.54) is 62.6 Å². The van der Waals surface area contributed by atoms with Gasteiger partial charge in [0.25, 0.3) is 0 Å². The standard InChI is InChI=1S/C60H40N2S2/c1-3-16-41(17-4-1)42-30-34-45(35-31-42)61(46-36-32-43(33-37-46)48-24-15-29-59-60(48)52-23-10-14-28-57(52)64-59)54-25-11-7-20-49(54)50-21-8-12-26-55(50)62(44-18-5-2-6-19-44)47-38-39-58-53(40-47)51-22-9-13-27-56(51)63-58/h1-40H. The van der Waals surface area contributed by atoms with Gasteiger partial charge in [0, 0.05) is 74.2 Å². The van der Waals surface area contributed by atoms with E-state index < -0.39 is 0 Å². The summed E-state index contributed by atoms with van der Waals surface area (Å²) in [5.74, 6) is 0. The van der Waals surface area contributed by atoms with E-state index in [4.69, 9.17) is 0 Å². The number of para-hydroxylation sites is 3. The highest BCUT2D eigenvalue weighted by Gasteiger charge is 2.23. The summed E-state index contributed by atoms with van der Waals surface area (Å²) in [6.45, 7) is 0. The third-order valence-corrected chi connectivity index (χ3v) is 14.6. The Morgan fingerprint density at radius 2 is 0.688 bits per heavy atom. The number of benzene rings is 10. The van der Waals surface area contributed by atoms with Gasteiger partial charge in [0.05, 0.1) is 11.4 Å². The summed E-state index contributed by atoms with van der Waals surface area (Å²) < 4.78 is 5.22. The first-order chi connectivity index (χ1) is 31.7. The highest BCUT2D eigenvalue weighted by molar-refractivity contribution is 7.26. The molecule has 0 radical (unpaired) electrons. The van der Waals surface area contributed by atoms with E-state index in [2.05, 4.69) is 252 Å². The van der Waals surface area contributed by atoms with E-state index in [0.29, 0.717) is 0 Å². The van der Waals surface area contributed by atoms with Crippen molar-refractivity contribution >= 4 is 97.1 Å². The largest absolute Gasteiger partial charge is 0.310 e. The molecule has 0 aliphatic carbocycles. The fourth-order valence-electron chi connectivity index (χ4n) is 9.32. The second-order valence-corrected chi connectivity index (χ2v) is 18.2. The lowest BCUT2D eigenvalue weighted by Crippen LogP contribution is -2.13. The maximum Gasteiger partial charge on any atom is 0.0540 e. The van der Waals surface area contributed by atoms with Crippen molar-refractivity contribution in [2.75, 3.05) is 9.80 Å². The fraction of sp³-hybridized carbons (Fsp3) is 0. The Labute approximate surface area is 380 Å². The number of nitrogens with zero attached hydrogens (tertiary/aromatic N) is 2. The second-order valence-electron chi connectivity index (χ2n) is 16.1. The Kier molecular flexibility index (Phi) is 9.59. The molecule has 2 heterocycles. The van der Waals surface area contributed by atoms with Gasteiger partial charge in [-0.1, -0.05) is 158 Å². The summed E-state index contributed by atoms with van der Waals surface area (Å²) in [4.78, 5) is 4.84. The highest BCUT2D eigenvalue weighted by Crippen LogP contribution is 2.48. The highest BCUT2D eigenvalue weighted by atomic mass is 32.1. The predicted molar refractivity (Wildman–Crippen MR) is 278 cm³/mol. The van der Waals surface area contributed by atoms with Gasteiger partial charge in [-0.2, -0.15) is 0 Å². The van der Waals surface area contributed by atoms with Crippen LogP contribution >= 0.6 is 22.7 Å². The second kappa shape index (κ2) is 16.2. The van der Waals surface area contributed by atoms with Crippen molar-refractivity contribution in [2.45, 2.75) is 0 Å². The number of fused-ring (bicyclic) bond motifs is 6. The molecule has 302 valence electrons. The van der Waals surface area contributed by atoms with Gasteiger partial charge >= 0.3 is 0 Å². The molecule has 0 unspecified atom stereocenters. The van der Waals surface area contributed by atoms with Gasteiger partial charge in [0.1, 0.15) is 0 Å². The lowest BCUT2D eigenvalue weighted by atomic mass is 9.97. The first-order valence-corrected chi connectivity index (χ1v) is 23.3. The molecule has 0 saturated heterocycles. The Hall–Kier alpha value is -7.76. The molecule has 2 nitrogen and oxygen atoms in total. The van der Waals surface area contributed by atoms with Crippen LogP contribution in [0.25, 0.3) is 73.7 Å². The Bertz CT molecular complexity index is 3610. The molecule has 12 rings (SSSR count). The molecule has 10 aromatic carbocycles. The molecule has 0 atom stereocenters. The number of hydrogen-bond acceptors (Lipinski definition) is 4. The minimum atomic E-state index is 1.08. The summed E-state index contributed by atoms with van der Waals surface area (Å²) in [7, 11) is 0. The zero-order chi connectivity index (χ0) is 42.4. The molecule has 0 aliphatic rings. The molecule has 0 bridgehead atoms. The average Bonchev–Trinajstić information content (AvgIpc) is 3.94. The Balaban J connectivity index is 1.02. The van der Waals surface area contributed by atoms with Crippen molar-refractivity contribution < 1.29 is 0 Å². The maximum absolute atomic E-state index is 2.42. The van der Waals surface area contributed by atoms with E-state index in [-0.39, 0.29) is 0 Å². The SMILES string of the molecule is c1ccc(-c2ccc(N(c3ccc(-c4cccc5sc6ccccc6c45)cc3)c3ccccc3-c3ccccc3N(c3ccccc3)c3ccc4sc5ccccc5c4c3)cc2)cc1. The van der Waals surface area contributed by atoms with Crippen LogP contribution in [0.4, 0.5) is 34.1 Å². The van der Waals surface area contributed by atoms with Crippen molar-refractivity contribution in [3.8, 4) is 33.4 Å². The van der Waals surface area contributed by atoms with E-state index in [9.17, 15) is 0 Å². The molecule has 0 spiro atoms. The van der Waals surface area contributed by atoms with E-state index in [0.717, 1.165) is 45.3 Å². The average molecular weight is 853 g/mol. The van der Waals surface area contributed by atoms with E-state index in [1.54, 1.807) is 0 Å². The molecule has 0 N–H and O–H groups in total. The first-order valence-electron chi connectivity index (χ1n) is 21.7. The Morgan fingerprint density at radius 3 is 1.38 bits per heavy atom. The smallest absolute Gasteiger partial charge is 0.0540 e.